The van der Waals surface area contributed by atoms with Crippen LogP contribution in [0.25, 0.3) is 0 Å². The molecule has 1 fully saturated rings. The molecular formula is C30H39N5O5S. The fraction of sp³-hybridized carbons (Fsp3) is 0.367. The first-order valence-electron chi connectivity index (χ1n) is 13.7. The van der Waals surface area contributed by atoms with Crippen molar-refractivity contribution >= 4 is 15.9 Å². The van der Waals surface area contributed by atoms with Crippen molar-refractivity contribution in [2.75, 3.05) is 26.9 Å². The van der Waals surface area contributed by atoms with E-state index in [1.54, 1.807) is 24.3 Å². The standard InChI is InChI=1S/C30H39N5O5S/c1-3-4-16-34-22-33(20-24-12-8-13-25(17-24)30(31)32-37)28(18-23-10-6-5-7-11-23)29(36)21-35(34)41(38,39)27-15-9-14-26(19-27)40-2/h5-15,17,19,28-29,36-37H,3-4,16,18,20-22H2,1-2H3,(H2,31,32)/t28-,29-/m1/s1. The van der Waals surface area contributed by atoms with E-state index in [2.05, 4.69) is 17.0 Å². The number of aliphatic hydroxyl groups is 1. The second-order valence-corrected chi connectivity index (χ2v) is 12.0. The SMILES string of the molecule is CCCCN1CN(Cc2cccc(/C(N)=N\O)c2)[C@H](Cc2ccccc2)[C@H](O)CN1S(=O)(=O)c1cccc(OC)c1. The molecule has 3 aromatic rings. The molecule has 0 aromatic heterocycles. The van der Waals surface area contributed by atoms with Crippen LogP contribution in [0.3, 0.4) is 0 Å². The molecule has 1 aliphatic rings. The number of β-amino-alcohol motifs (C(OH)–C–C–N with tert-alkyl or cyclic N) is 1. The zero-order valence-electron chi connectivity index (χ0n) is 23.5. The Bertz CT molecular complexity index is 1420. The molecule has 2 atom stereocenters. The zero-order chi connectivity index (χ0) is 29.4. The summed E-state index contributed by atoms with van der Waals surface area (Å²) in [5.74, 6) is 0.444. The first-order valence-corrected chi connectivity index (χ1v) is 15.1. The van der Waals surface area contributed by atoms with Gasteiger partial charge in [0.15, 0.2) is 5.84 Å². The minimum Gasteiger partial charge on any atom is -0.497 e. The van der Waals surface area contributed by atoms with E-state index in [-0.39, 0.29) is 30.0 Å². The van der Waals surface area contributed by atoms with Gasteiger partial charge >= 0.3 is 0 Å². The molecule has 4 N–H and O–H groups in total. The molecule has 0 radical (unpaired) electrons. The molecule has 0 spiro atoms. The van der Waals surface area contributed by atoms with Gasteiger partial charge in [0.05, 0.1) is 31.3 Å². The second-order valence-electron chi connectivity index (χ2n) is 10.2. The lowest BCUT2D eigenvalue weighted by Gasteiger charge is -2.35. The first-order chi connectivity index (χ1) is 19.8. The average Bonchev–Trinajstić information content (AvgIpc) is 3.12. The van der Waals surface area contributed by atoms with E-state index in [0.29, 0.717) is 30.8 Å². The Morgan fingerprint density at radius 3 is 2.49 bits per heavy atom. The Morgan fingerprint density at radius 1 is 1.05 bits per heavy atom. The summed E-state index contributed by atoms with van der Waals surface area (Å²) < 4.78 is 34.7. The summed E-state index contributed by atoms with van der Waals surface area (Å²) >= 11 is 0. The normalized spacial score (nSPS) is 19.6. The van der Waals surface area contributed by atoms with Crippen LogP contribution in [-0.4, -0.2) is 77.9 Å². The summed E-state index contributed by atoms with van der Waals surface area (Å²) in [4.78, 5) is 2.21. The molecule has 1 heterocycles. The van der Waals surface area contributed by atoms with Crippen molar-refractivity contribution in [2.45, 2.75) is 49.8 Å². The van der Waals surface area contributed by atoms with Gasteiger partial charge < -0.3 is 20.8 Å². The lowest BCUT2D eigenvalue weighted by atomic mass is 9.99. The predicted octanol–water partition coefficient (Wildman–Crippen LogP) is 3.24. The molecule has 0 amide bonds. The summed E-state index contributed by atoms with van der Waals surface area (Å²) in [5.41, 5.74) is 8.35. The van der Waals surface area contributed by atoms with Crippen LogP contribution < -0.4 is 10.5 Å². The van der Waals surface area contributed by atoms with Crippen molar-refractivity contribution in [3.8, 4) is 5.75 Å². The van der Waals surface area contributed by atoms with Gasteiger partial charge in [-0.15, -0.1) is 4.41 Å². The van der Waals surface area contributed by atoms with Crippen LogP contribution in [0.2, 0.25) is 0 Å². The molecule has 1 aliphatic heterocycles. The maximum Gasteiger partial charge on any atom is 0.256 e. The van der Waals surface area contributed by atoms with E-state index in [4.69, 9.17) is 10.5 Å². The smallest absolute Gasteiger partial charge is 0.256 e. The number of hydrazine groups is 1. The van der Waals surface area contributed by atoms with Crippen molar-refractivity contribution < 1.29 is 23.5 Å². The molecular weight excluding hydrogens is 542 g/mol. The highest BCUT2D eigenvalue weighted by Gasteiger charge is 2.40. The minimum absolute atomic E-state index is 0.00344. The van der Waals surface area contributed by atoms with E-state index in [0.717, 1.165) is 24.0 Å². The highest BCUT2D eigenvalue weighted by Crippen LogP contribution is 2.28. The summed E-state index contributed by atoms with van der Waals surface area (Å²) in [7, 11) is -2.52. The first kappa shape index (κ1) is 30.5. The molecule has 0 aliphatic carbocycles. The number of ether oxygens (including phenoxy) is 1. The number of hydrogen-bond acceptors (Lipinski definition) is 8. The van der Waals surface area contributed by atoms with Gasteiger partial charge in [-0.25, -0.2) is 13.4 Å². The second kappa shape index (κ2) is 13.9. The predicted molar refractivity (Wildman–Crippen MR) is 158 cm³/mol. The number of nitrogens with zero attached hydrogens (tertiary/aromatic N) is 4. The number of benzene rings is 3. The molecule has 0 bridgehead atoms. The molecule has 11 heteroatoms. The van der Waals surface area contributed by atoms with Crippen LogP contribution in [0, 0.1) is 0 Å². The van der Waals surface area contributed by atoms with Crippen LogP contribution in [0.4, 0.5) is 0 Å². The van der Waals surface area contributed by atoms with E-state index in [1.165, 1.54) is 17.6 Å². The van der Waals surface area contributed by atoms with Crippen LogP contribution >= 0.6 is 0 Å². The molecule has 0 unspecified atom stereocenters. The molecule has 41 heavy (non-hydrogen) atoms. The Morgan fingerprint density at radius 2 is 1.78 bits per heavy atom. The molecule has 4 rings (SSSR count). The third kappa shape index (κ3) is 7.43. The Hall–Kier alpha value is -3.48. The molecule has 0 saturated carbocycles. The van der Waals surface area contributed by atoms with E-state index in [1.807, 2.05) is 53.5 Å². The molecule has 10 nitrogen and oxygen atoms in total. The lowest BCUT2D eigenvalue weighted by Crippen LogP contribution is -2.50. The Balaban J connectivity index is 1.75. The van der Waals surface area contributed by atoms with Crippen molar-refractivity contribution in [3.05, 3.63) is 95.6 Å². The van der Waals surface area contributed by atoms with Gasteiger partial charge in [-0.3, -0.25) is 4.90 Å². The number of aliphatic hydroxyl groups excluding tert-OH is 1. The number of methoxy groups -OCH3 is 1. The van der Waals surface area contributed by atoms with Gasteiger partial charge in [0.1, 0.15) is 5.75 Å². The maximum atomic E-state index is 14.1. The summed E-state index contributed by atoms with van der Waals surface area (Å²) in [5, 5.41) is 25.8. The fourth-order valence-electron chi connectivity index (χ4n) is 5.09. The number of nitrogens with two attached hydrogens (primary N) is 1. The number of amidine groups is 1. The summed E-state index contributed by atoms with van der Waals surface area (Å²) in [6, 6.07) is 23.2. The lowest BCUT2D eigenvalue weighted by molar-refractivity contribution is 0.0121. The Kier molecular flexibility index (Phi) is 10.4. The van der Waals surface area contributed by atoms with E-state index < -0.39 is 16.1 Å². The maximum absolute atomic E-state index is 14.1. The van der Waals surface area contributed by atoms with Gasteiger partial charge in [0.25, 0.3) is 10.0 Å². The van der Waals surface area contributed by atoms with Gasteiger partial charge in [-0.05, 0) is 42.2 Å². The number of sulfonamides is 1. The Labute approximate surface area is 242 Å². The minimum atomic E-state index is -4.01. The third-order valence-electron chi connectivity index (χ3n) is 7.31. The van der Waals surface area contributed by atoms with Crippen LogP contribution in [0.5, 0.6) is 5.75 Å². The average molecular weight is 582 g/mol. The third-order valence-corrected chi connectivity index (χ3v) is 9.09. The van der Waals surface area contributed by atoms with Crippen molar-refractivity contribution in [3.63, 3.8) is 0 Å². The molecule has 3 aromatic carbocycles. The molecule has 220 valence electrons. The van der Waals surface area contributed by atoms with Gasteiger partial charge in [-0.2, -0.15) is 0 Å². The summed E-state index contributed by atoms with van der Waals surface area (Å²) in [6.45, 7) is 3.14. The highest BCUT2D eigenvalue weighted by atomic mass is 32.2. The van der Waals surface area contributed by atoms with Gasteiger partial charge in [0.2, 0.25) is 0 Å². The number of rotatable bonds is 11. The van der Waals surface area contributed by atoms with Gasteiger partial charge in [-0.1, -0.05) is 73.1 Å². The fourth-order valence-corrected chi connectivity index (χ4v) is 6.64. The zero-order valence-corrected chi connectivity index (χ0v) is 24.3. The van der Waals surface area contributed by atoms with Gasteiger partial charge in [0, 0.05) is 30.8 Å². The topological polar surface area (TPSA) is 132 Å². The van der Waals surface area contributed by atoms with Crippen molar-refractivity contribution in [2.24, 2.45) is 10.9 Å². The number of oxime groups is 1. The summed E-state index contributed by atoms with van der Waals surface area (Å²) in [6.07, 6.45) is 1.18. The van der Waals surface area contributed by atoms with E-state index in [9.17, 15) is 18.7 Å². The number of hydrogen-bond donors (Lipinski definition) is 3. The van der Waals surface area contributed by atoms with Crippen LogP contribution in [-0.2, 0) is 23.0 Å². The monoisotopic (exact) mass is 581 g/mol. The van der Waals surface area contributed by atoms with Crippen LogP contribution in [0.1, 0.15) is 36.5 Å². The van der Waals surface area contributed by atoms with Crippen molar-refractivity contribution in [1.82, 2.24) is 14.3 Å². The quantitative estimate of drug-likeness (QED) is 0.136. The van der Waals surface area contributed by atoms with Crippen LogP contribution in [0.15, 0.2) is 88.9 Å². The van der Waals surface area contributed by atoms with E-state index >= 15 is 0 Å². The highest BCUT2D eigenvalue weighted by molar-refractivity contribution is 7.89. The number of unbranched alkanes of at least 4 members (excludes halogenated alkanes) is 1. The molecule has 1 saturated heterocycles. The van der Waals surface area contributed by atoms with Crippen molar-refractivity contribution in [1.29, 1.82) is 0 Å². The largest absolute Gasteiger partial charge is 0.497 e.